The molecule has 0 fully saturated rings. The molecular weight excluding hydrogens is 128 g/mol. The van der Waals surface area contributed by atoms with Crippen molar-refractivity contribution in [1.29, 1.82) is 0 Å². The van der Waals surface area contributed by atoms with Gasteiger partial charge in [0.25, 0.3) is 0 Å². The minimum atomic E-state index is -0.199. The molecule has 0 saturated carbocycles. The molecule has 0 spiro atoms. The highest BCUT2D eigenvalue weighted by atomic mass is 16.1. The molecule has 0 bridgehead atoms. The molecule has 0 aromatic heterocycles. The minimum absolute atomic E-state index is 0.130. The van der Waals surface area contributed by atoms with E-state index in [0.717, 1.165) is 0 Å². The number of rotatable bonds is 3. The first kappa shape index (κ1) is 8.82. The van der Waals surface area contributed by atoms with Gasteiger partial charge in [0.15, 0.2) is 11.6 Å². The van der Waals surface area contributed by atoms with Crippen LogP contribution in [-0.2, 0) is 9.59 Å². The maximum absolute atomic E-state index is 10.7. The van der Waals surface area contributed by atoms with E-state index in [1.54, 1.807) is 6.92 Å². The number of carbonyl (C=O) groups excluding carboxylic acids is 2. The fraction of sp³-hybridized carbons (Fsp3) is 0.250. The van der Waals surface area contributed by atoms with E-state index in [1.807, 2.05) is 0 Å². The SMILES string of the molecule is C=C(C)C(=O)C=CC(C)=O. The maximum atomic E-state index is 10.7. The van der Waals surface area contributed by atoms with Gasteiger partial charge in [-0.3, -0.25) is 9.59 Å². The second kappa shape index (κ2) is 3.77. The van der Waals surface area contributed by atoms with Gasteiger partial charge in [0.2, 0.25) is 0 Å². The molecule has 2 nitrogen and oxygen atoms in total. The number of hydrogen-bond acceptors (Lipinski definition) is 2. The van der Waals surface area contributed by atoms with E-state index in [4.69, 9.17) is 0 Å². The molecule has 0 N–H and O–H groups in total. The average Bonchev–Trinajstić information content (AvgIpc) is 1.82. The van der Waals surface area contributed by atoms with Crippen LogP contribution >= 0.6 is 0 Å². The van der Waals surface area contributed by atoms with E-state index >= 15 is 0 Å². The molecule has 0 aromatic carbocycles. The standard InChI is InChI=1S/C8H10O2/c1-6(2)8(10)5-4-7(3)9/h4-5H,1H2,2-3H3. The Hall–Kier alpha value is -1.18. The number of allylic oxidation sites excluding steroid dienone is 3. The Morgan fingerprint density at radius 3 is 2.00 bits per heavy atom. The van der Waals surface area contributed by atoms with Gasteiger partial charge in [-0.25, -0.2) is 0 Å². The van der Waals surface area contributed by atoms with E-state index in [-0.39, 0.29) is 11.6 Å². The first-order valence-electron chi connectivity index (χ1n) is 2.92. The summed E-state index contributed by atoms with van der Waals surface area (Å²) in [7, 11) is 0. The van der Waals surface area contributed by atoms with Crippen LogP contribution in [0.4, 0.5) is 0 Å². The first-order valence-corrected chi connectivity index (χ1v) is 2.92. The lowest BCUT2D eigenvalue weighted by molar-refractivity contribution is -0.114. The van der Waals surface area contributed by atoms with Crippen LogP contribution in [0.5, 0.6) is 0 Å². The number of hydrogen-bond donors (Lipinski definition) is 0. The number of ketones is 2. The molecule has 0 amide bonds. The Morgan fingerprint density at radius 1 is 1.20 bits per heavy atom. The van der Waals surface area contributed by atoms with Crippen LogP contribution in [0.1, 0.15) is 13.8 Å². The van der Waals surface area contributed by atoms with Crippen molar-refractivity contribution in [3.63, 3.8) is 0 Å². The van der Waals surface area contributed by atoms with Gasteiger partial charge in [0.1, 0.15) is 0 Å². The van der Waals surface area contributed by atoms with Gasteiger partial charge >= 0.3 is 0 Å². The Labute approximate surface area is 60.2 Å². The van der Waals surface area contributed by atoms with Crippen LogP contribution in [-0.4, -0.2) is 11.6 Å². The second-order valence-corrected chi connectivity index (χ2v) is 2.09. The van der Waals surface area contributed by atoms with Crippen molar-refractivity contribution >= 4 is 11.6 Å². The molecule has 0 aliphatic rings. The van der Waals surface area contributed by atoms with Crippen molar-refractivity contribution in [2.75, 3.05) is 0 Å². The fourth-order valence-corrected chi connectivity index (χ4v) is 0.335. The Morgan fingerprint density at radius 2 is 1.70 bits per heavy atom. The highest BCUT2D eigenvalue weighted by Crippen LogP contribution is 1.90. The molecule has 0 radical (unpaired) electrons. The van der Waals surface area contributed by atoms with Crippen molar-refractivity contribution in [3.05, 3.63) is 24.3 Å². The summed E-state index contributed by atoms with van der Waals surface area (Å²) in [5, 5.41) is 0. The molecule has 0 aliphatic heterocycles. The van der Waals surface area contributed by atoms with Crippen molar-refractivity contribution in [1.82, 2.24) is 0 Å². The summed E-state index contributed by atoms with van der Waals surface area (Å²) < 4.78 is 0. The van der Waals surface area contributed by atoms with Crippen molar-refractivity contribution in [2.24, 2.45) is 0 Å². The topological polar surface area (TPSA) is 34.1 Å². The predicted octanol–water partition coefficient (Wildman–Crippen LogP) is 1.28. The molecule has 0 rings (SSSR count). The van der Waals surface area contributed by atoms with Gasteiger partial charge < -0.3 is 0 Å². The first-order chi connectivity index (χ1) is 4.54. The largest absolute Gasteiger partial charge is 0.295 e. The number of carbonyl (C=O) groups is 2. The monoisotopic (exact) mass is 138 g/mol. The van der Waals surface area contributed by atoms with E-state index in [9.17, 15) is 9.59 Å². The molecule has 0 heterocycles. The van der Waals surface area contributed by atoms with Crippen molar-refractivity contribution in [3.8, 4) is 0 Å². The highest BCUT2D eigenvalue weighted by molar-refractivity contribution is 6.06. The van der Waals surface area contributed by atoms with E-state index in [0.29, 0.717) is 5.57 Å². The summed E-state index contributed by atoms with van der Waals surface area (Å²) in [5.74, 6) is -0.329. The molecule has 0 unspecified atom stereocenters. The Bertz CT molecular complexity index is 199. The summed E-state index contributed by atoms with van der Waals surface area (Å²) in [6.45, 7) is 6.42. The zero-order valence-electron chi connectivity index (χ0n) is 6.18. The molecule has 0 aromatic rings. The fourth-order valence-electron chi connectivity index (χ4n) is 0.335. The Kier molecular flexibility index (Phi) is 3.33. The van der Waals surface area contributed by atoms with Crippen molar-refractivity contribution in [2.45, 2.75) is 13.8 Å². The van der Waals surface area contributed by atoms with E-state index in [2.05, 4.69) is 6.58 Å². The smallest absolute Gasteiger partial charge is 0.181 e. The lowest BCUT2D eigenvalue weighted by Crippen LogP contribution is -1.93. The van der Waals surface area contributed by atoms with Gasteiger partial charge in [-0.05, 0) is 31.6 Å². The quantitative estimate of drug-likeness (QED) is 0.550. The van der Waals surface area contributed by atoms with Gasteiger partial charge in [0, 0.05) is 0 Å². The Balaban J connectivity index is 4.03. The summed E-state index contributed by atoms with van der Waals surface area (Å²) >= 11 is 0. The lowest BCUT2D eigenvalue weighted by atomic mass is 10.2. The zero-order valence-corrected chi connectivity index (χ0v) is 6.18. The molecule has 2 heteroatoms. The summed E-state index contributed by atoms with van der Waals surface area (Å²) in [6.07, 6.45) is 2.46. The minimum Gasteiger partial charge on any atom is -0.295 e. The van der Waals surface area contributed by atoms with E-state index < -0.39 is 0 Å². The van der Waals surface area contributed by atoms with Crippen molar-refractivity contribution < 1.29 is 9.59 Å². The van der Waals surface area contributed by atoms with Gasteiger partial charge in [0.05, 0.1) is 0 Å². The molecular formula is C8H10O2. The zero-order chi connectivity index (χ0) is 8.15. The van der Waals surface area contributed by atoms with Gasteiger partial charge in [-0.15, -0.1) is 0 Å². The normalized spacial score (nSPS) is 9.80. The lowest BCUT2D eigenvalue weighted by Gasteiger charge is -1.86. The van der Waals surface area contributed by atoms with Crippen LogP contribution in [0.15, 0.2) is 24.3 Å². The summed E-state index contributed by atoms with van der Waals surface area (Å²) in [6, 6.07) is 0. The third kappa shape index (κ3) is 3.78. The van der Waals surface area contributed by atoms with Crippen LogP contribution in [0.3, 0.4) is 0 Å². The van der Waals surface area contributed by atoms with E-state index in [1.165, 1.54) is 19.1 Å². The van der Waals surface area contributed by atoms with Gasteiger partial charge in [-0.2, -0.15) is 0 Å². The summed E-state index contributed by atoms with van der Waals surface area (Å²) in [5.41, 5.74) is 0.442. The molecule has 0 aliphatic carbocycles. The average molecular weight is 138 g/mol. The van der Waals surface area contributed by atoms with Crippen LogP contribution in [0.2, 0.25) is 0 Å². The predicted molar refractivity (Wildman–Crippen MR) is 39.6 cm³/mol. The van der Waals surface area contributed by atoms with Crippen LogP contribution < -0.4 is 0 Å². The molecule has 54 valence electrons. The molecule has 10 heavy (non-hydrogen) atoms. The summed E-state index contributed by atoms with van der Waals surface area (Å²) in [4.78, 5) is 21.0. The van der Waals surface area contributed by atoms with Gasteiger partial charge in [-0.1, -0.05) is 6.58 Å². The second-order valence-electron chi connectivity index (χ2n) is 2.09. The molecule has 0 atom stereocenters. The third-order valence-electron chi connectivity index (χ3n) is 0.890. The van der Waals surface area contributed by atoms with Crippen LogP contribution in [0.25, 0.3) is 0 Å². The maximum Gasteiger partial charge on any atom is 0.181 e. The highest BCUT2D eigenvalue weighted by Gasteiger charge is 1.94. The molecule has 0 saturated heterocycles. The third-order valence-corrected chi connectivity index (χ3v) is 0.890. The van der Waals surface area contributed by atoms with Crippen LogP contribution in [0, 0.1) is 0 Å².